The number of hydrogen-bond donors (Lipinski definition) is 2. The summed E-state index contributed by atoms with van der Waals surface area (Å²) < 4.78 is 7.85. The Morgan fingerprint density at radius 1 is 1.21 bits per heavy atom. The van der Waals surface area contributed by atoms with Crippen LogP contribution in [0.1, 0.15) is 84.3 Å². The number of thiophene rings is 1. The highest BCUT2D eigenvalue weighted by Gasteiger charge is 2.42. The number of ether oxygens (including phenoxy) is 1. The van der Waals surface area contributed by atoms with Crippen LogP contribution in [0.25, 0.3) is 27.1 Å². The SMILES string of the molecule is CNC(=O)CN1[C@@H]2CC[C@H]1C[C@H](c1sc3[nH]c(-c4cn5nc(C)nc5c5c4COC5)c(C(C)C)c3c1C)C2. The van der Waals surface area contributed by atoms with Gasteiger partial charge in [0.15, 0.2) is 5.65 Å². The summed E-state index contributed by atoms with van der Waals surface area (Å²) in [5.74, 6) is 1.85. The van der Waals surface area contributed by atoms with E-state index in [-0.39, 0.29) is 5.91 Å². The van der Waals surface area contributed by atoms with Gasteiger partial charge in [0.05, 0.1) is 25.5 Å². The van der Waals surface area contributed by atoms with Gasteiger partial charge < -0.3 is 15.0 Å². The molecule has 7 rings (SSSR count). The topological polar surface area (TPSA) is 87.6 Å². The molecule has 0 saturated carbocycles. The van der Waals surface area contributed by atoms with Gasteiger partial charge in [-0.1, -0.05) is 13.8 Å². The summed E-state index contributed by atoms with van der Waals surface area (Å²) in [6.07, 6.45) is 6.85. The van der Waals surface area contributed by atoms with Crippen LogP contribution in [0.5, 0.6) is 0 Å². The summed E-state index contributed by atoms with van der Waals surface area (Å²) in [5, 5.41) is 8.86. The molecule has 4 aromatic rings. The number of carbonyl (C=O) groups excluding carboxylic acids is 1. The molecule has 2 bridgehead atoms. The summed E-state index contributed by atoms with van der Waals surface area (Å²) in [6.45, 7) is 10.6. The molecule has 0 unspecified atom stereocenters. The average Bonchev–Trinajstić information content (AvgIpc) is 3.68. The van der Waals surface area contributed by atoms with Crippen molar-refractivity contribution in [3.63, 3.8) is 0 Å². The zero-order valence-electron chi connectivity index (χ0n) is 22.9. The van der Waals surface area contributed by atoms with Gasteiger partial charge in [-0.05, 0) is 68.1 Å². The fourth-order valence-corrected chi connectivity index (χ4v) is 8.78. The lowest BCUT2D eigenvalue weighted by molar-refractivity contribution is -0.122. The molecule has 3 atom stereocenters. The maximum absolute atomic E-state index is 12.1. The first-order valence-corrected chi connectivity index (χ1v) is 14.7. The maximum atomic E-state index is 12.1. The van der Waals surface area contributed by atoms with Crippen molar-refractivity contribution >= 4 is 33.1 Å². The number of carbonyl (C=O) groups is 1. The van der Waals surface area contributed by atoms with Crippen molar-refractivity contribution in [1.29, 1.82) is 0 Å². The summed E-state index contributed by atoms with van der Waals surface area (Å²) in [7, 11) is 1.74. The molecule has 0 aromatic carbocycles. The maximum Gasteiger partial charge on any atom is 0.233 e. The normalized spacial score (nSPS) is 23.3. The highest BCUT2D eigenvalue weighted by Crippen LogP contribution is 2.50. The number of rotatable bonds is 5. The van der Waals surface area contributed by atoms with Gasteiger partial charge in [0.25, 0.3) is 0 Å². The lowest BCUT2D eigenvalue weighted by atomic mass is 9.86. The molecule has 0 aliphatic carbocycles. The number of likely N-dealkylation sites (N-methyl/N-ethyl adjacent to an activating group) is 1. The van der Waals surface area contributed by atoms with E-state index in [1.807, 2.05) is 22.8 Å². The molecule has 2 saturated heterocycles. The quantitative estimate of drug-likeness (QED) is 0.371. The van der Waals surface area contributed by atoms with Crippen molar-refractivity contribution in [3.05, 3.63) is 39.2 Å². The Morgan fingerprint density at radius 2 is 1.95 bits per heavy atom. The Labute approximate surface area is 226 Å². The van der Waals surface area contributed by atoms with Crippen LogP contribution in [0.4, 0.5) is 0 Å². The van der Waals surface area contributed by atoms with E-state index in [0.717, 1.165) is 29.9 Å². The van der Waals surface area contributed by atoms with E-state index in [2.05, 4.69) is 52.3 Å². The molecule has 3 aliphatic heterocycles. The minimum absolute atomic E-state index is 0.131. The van der Waals surface area contributed by atoms with Crippen molar-refractivity contribution in [2.75, 3.05) is 13.6 Å². The van der Waals surface area contributed by atoms with Crippen molar-refractivity contribution < 1.29 is 9.53 Å². The van der Waals surface area contributed by atoms with Crippen LogP contribution in [-0.4, -0.2) is 56.1 Å². The van der Waals surface area contributed by atoms with Crippen LogP contribution in [0.3, 0.4) is 0 Å². The first-order valence-electron chi connectivity index (χ1n) is 13.9. The fraction of sp³-hybridized carbons (Fsp3) is 0.552. The standard InChI is InChI=1S/C29H36N6O2S/c1-14(2)24-25-15(3)27(17-8-18-6-7-19(9-17)34(18)11-23(36)30-5)38-29(25)32-26(24)20-10-35-28(31-16(4)33-35)22-13-37-12-21(20)22/h10,14,17-19,32H,6-9,11-13H2,1-5H3,(H,30,36)/t17-,18-,19+. The molecule has 1 amide bonds. The van der Waals surface area contributed by atoms with Crippen LogP contribution < -0.4 is 5.32 Å². The van der Waals surface area contributed by atoms with E-state index in [4.69, 9.17) is 4.74 Å². The second-order valence-electron chi connectivity index (χ2n) is 11.7. The largest absolute Gasteiger partial charge is 0.372 e. The van der Waals surface area contributed by atoms with Crippen molar-refractivity contribution in [3.8, 4) is 11.3 Å². The van der Waals surface area contributed by atoms with E-state index in [0.29, 0.717) is 43.7 Å². The molecule has 0 radical (unpaired) electrons. The summed E-state index contributed by atoms with van der Waals surface area (Å²) in [6, 6.07) is 1.02. The number of fused-ring (bicyclic) bond motifs is 6. The minimum atomic E-state index is 0.131. The molecule has 7 heterocycles. The van der Waals surface area contributed by atoms with Gasteiger partial charge in [-0.25, -0.2) is 9.50 Å². The van der Waals surface area contributed by atoms with E-state index >= 15 is 0 Å². The number of hydrogen-bond acceptors (Lipinski definition) is 6. The van der Waals surface area contributed by atoms with Crippen LogP contribution in [0, 0.1) is 13.8 Å². The summed E-state index contributed by atoms with van der Waals surface area (Å²) >= 11 is 1.95. The monoisotopic (exact) mass is 532 g/mol. The number of pyridine rings is 1. The number of piperidine rings is 1. The summed E-state index contributed by atoms with van der Waals surface area (Å²) in [4.78, 5) is 25.9. The van der Waals surface area contributed by atoms with Gasteiger partial charge in [0.2, 0.25) is 5.91 Å². The Bertz CT molecular complexity index is 1570. The molecule has 8 nitrogen and oxygen atoms in total. The predicted octanol–water partition coefficient (Wildman–Crippen LogP) is 5.17. The van der Waals surface area contributed by atoms with E-state index in [1.54, 1.807) is 7.05 Å². The van der Waals surface area contributed by atoms with Crippen molar-refractivity contribution in [2.24, 2.45) is 0 Å². The van der Waals surface area contributed by atoms with Gasteiger partial charge in [0, 0.05) is 46.7 Å². The lowest BCUT2D eigenvalue weighted by Gasteiger charge is -2.38. The smallest absolute Gasteiger partial charge is 0.233 e. The Balaban J connectivity index is 1.30. The Kier molecular flexibility index (Phi) is 5.69. The molecule has 9 heteroatoms. The van der Waals surface area contributed by atoms with E-state index in [9.17, 15) is 4.79 Å². The van der Waals surface area contributed by atoms with Crippen LogP contribution in [0.15, 0.2) is 6.20 Å². The number of nitrogens with one attached hydrogen (secondary N) is 2. The molecule has 2 fully saturated rings. The van der Waals surface area contributed by atoms with Crippen molar-refractivity contribution in [2.45, 2.75) is 90.5 Å². The van der Waals surface area contributed by atoms with Crippen LogP contribution in [0.2, 0.25) is 0 Å². The molecular formula is C29H36N6O2S. The molecule has 200 valence electrons. The number of aryl methyl sites for hydroxylation is 2. The van der Waals surface area contributed by atoms with Gasteiger partial charge in [0.1, 0.15) is 10.7 Å². The first-order chi connectivity index (χ1) is 18.3. The third-order valence-electron chi connectivity index (χ3n) is 9.11. The number of amides is 1. The minimum Gasteiger partial charge on any atom is -0.372 e. The second kappa shape index (κ2) is 8.89. The number of H-pyrrole nitrogens is 1. The zero-order chi connectivity index (χ0) is 26.3. The number of nitrogens with zero attached hydrogens (tertiary/aromatic N) is 4. The highest BCUT2D eigenvalue weighted by molar-refractivity contribution is 7.19. The second-order valence-corrected chi connectivity index (χ2v) is 12.7. The average molecular weight is 533 g/mol. The molecule has 38 heavy (non-hydrogen) atoms. The molecule has 2 N–H and O–H groups in total. The fourth-order valence-electron chi connectivity index (χ4n) is 7.43. The Morgan fingerprint density at radius 3 is 2.66 bits per heavy atom. The van der Waals surface area contributed by atoms with Gasteiger partial charge >= 0.3 is 0 Å². The van der Waals surface area contributed by atoms with Crippen molar-refractivity contribution in [1.82, 2.24) is 29.8 Å². The van der Waals surface area contributed by atoms with Crippen LogP contribution in [-0.2, 0) is 22.7 Å². The third kappa shape index (κ3) is 3.58. The molecular weight excluding hydrogens is 496 g/mol. The number of aromatic nitrogens is 4. The molecule has 3 aliphatic rings. The summed E-state index contributed by atoms with van der Waals surface area (Å²) in [5.41, 5.74) is 8.52. The van der Waals surface area contributed by atoms with Gasteiger partial charge in [-0.2, -0.15) is 5.10 Å². The predicted molar refractivity (Wildman–Crippen MR) is 150 cm³/mol. The van der Waals surface area contributed by atoms with E-state index in [1.165, 1.54) is 55.9 Å². The van der Waals surface area contributed by atoms with E-state index < -0.39 is 0 Å². The molecule has 4 aromatic heterocycles. The number of aromatic amines is 1. The third-order valence-corrected chi connectivity index (χ3v) is 10.5. The van der Waals surface area contributed by atoms with Gasteiger partial charge in [-0.15, -0.1) is 11.3 Å². The highest BCUT2D eigenvalue weighted by atomic mass is 32.1. The van der Waals surface area contributed by atoms with Crippen LogP contribution >= 0.6 is 11.3 Å². The molecule has 0 spiro atoms. The Hall–Kier alpha value is -2.75. The zero-order valence-corrected chi connectivity index (χ0v) is 23.7. The van der Waals surface area contributed by atoms with Gasteiger partial charge in [-0.3, -0.25) is 9.69 Å². The lowest BCUT2D eigenvalue weighted by Crippen LogP contribution is -2.46. The first kappa shape index (κ1) is 24.3.